The summed E-state index contributed by atoms with van der Waals surface area (Å²) in [5.74, 6) is -1.08. The molecule has 1 aromatic rings. The van der Waals surface area contributed by atoms with Crippen molar-refractivity contribution in [1.82, 2.24) is 4.90 Å². The zero-order valence-electron chi connectivity index (χ0n) is 11.3. The summed E-state index contributed by atoms with van der Waals surface area (Å²) in [6, 6.07) is 3.92. The lowest BCUT2D eigenvalue weighted by atomic mass is 10.1. The molecule has 0 bridgehead atoms. The predicted molar refractivity (Wildman–Crippen MR) is 74.1 cm³/mol. The van der Waals surface area contributed by atoms with E-state index >= 15 is 0 Å². The number of anilines is 1. The molecule has 0 unspecified atom stereocenters. The van der Waals surface area contributed by atoms with Gasteiger partial charge in [0.05, 0.1) is 5.69 Å². The highest BCUT2D eigenvalue weighted by Crippen LogP contribution is 2.31. The molecule has 1 saturated carbocycles. The molecule has 108 valence electrons. The number of carboxylic acids is 1. The fraction of sp³-hybridized carbons (Fsp3) is 0.429. The van der Waals surface area contributed by atoms with E-state index in [1.807, 2.05) is 6.92 Å². The van der Waals surface area contributed by atoms with Gasteiger partial charge in [0.25, 0.3) is 0 Å². The number of amides is 2. The molecule has 0 heterocycles. The third-order valence-electron chi connectivity index (χ3n) is 3.35. The number of urea groups is 1. The van der Waals surface area contributed by atoms with Crippen LogP contribution in [0.4, 0.5) is 10.5 Å². The number of rotatable bonds is 5. The van der Waals surface area contributed by atoms with Gasteiger partial charge in [-0.15, -0.1) is 0 Å². The summed E-state index contributed by atoms with van der Waals surface area (Å²) in [6.07, 6.45) is 2.28. The van der Waals surface area contributed by atoms with Crippen molar-refractivity contribution < 1.29 is 19.8 Å². The second-order valence-electron chi connectivity index (χ2n) is 4.92. The van der Waals surface area contributed by atoms with Crippen molar-refractivity contribution in [2.75, 3.05) is 18.4 Å². The Labute approximate surface area is 117 Å². The van der Waals surface area contributed by atoms with Crippen molar-refractivity contribution in [2.24, 2.45) is 5.92 Å². The molecule has 6 nitrogen and oxygen atoms in total. The summed E-state index contributed by atoms with van der Waals surface area (Å²) in [5.41, 5.74) is -0.114. The highest BCUT2D eigenvalue weighted by molar-refractivity contribution is 5.97. The van der Waals surface area contributed by atoms with Crippen molar-refractivity contribution in [3.63, 3.8) is 0 Å². The molecule has 20 heavy (non-hydrogen) atoms. The fourth-order valence-electron chi connectivity index (χ4n) is 1.98. The number of carbonyl (C=O) groups excluding carboxylic acids is 1. The molecule has 1 aliphatic carbocycles. The number of nitrogens with zero attached hydrogens (tertiary/aromatic N) is 1. The van der Waals surface area contributed by atoms with Gasteiger partial charge in [0.1, 0.15) is 5.56 Å². The van der Waals surface area contributed by atoms with Crippen LogP contribution in [0.25, 0.3) is 0 Å². The maximum Gasteiger partial charge on any atom is 0.339 e. The Morgan fingerprint density at radius 3 is 2.65 bits per heavy atom. The second kappa shape index (κ2) is 5.81. The van der Waals surface area contributed by atoms with Crippen molar-refractivity contribution in [2.45, 2.75) is 19.8 Å². The van der Waals surface area contributed by atoms with Crippen LogP contribution in [0.3, 0.4) is 0 Å². The SMILES string of the molecule is CCN(CC1CC1)C(=O)Nc1cccc(C(=O)O)c1O. The molecule has 3 N–H and O–H groups in total. The highest BCUT2D eigenvalue weighted by Gasteiger charge is 2.26. The molecule has 1 aromatic carbocycles. The van der Waals surface area contributed by atoms with Gasteiger partial charge in [-0.25, -0.2) is 9.59 Å². The zero-order valence-corrected chi connectivity index (χ0v) is 11.3. The molecule has 0 aliphatic heterocycles. The topological polar surface area (TPSA) is 89.9 Å². The number of aromatic carboxylic acids is 1. The van der Waals surface area contributed by atoms with Gasteiger partial charge in [0, 0.05) is 13.1 Å². The van der Waals surface area contributed by atoms with E-state index in [0.717, 1.165) is 12.8 Å². The van der Waals surface area contributed by atoms with Crippen LogP contribution >= 0.6 is 0 Å². The lowest BCUT2D eigenvalue weighted by molar-refractivity contribution is 0.0693. The first-order valence-corrected chi connectivity index (χ1v) is 6.64. The minimum absolute atomic E-state index is 0.115. The maximum atomic E-state index is 12.1. The van der Waals surface area contributed by atoms with Gasteiger partial charge < -0.3 is 20.4 Å². The predicted octanol–water partition coefficient (Wildman–Crippen LogP) is 2.35. The van der Waals surface area contributed by atoms with E-state index in [0.29, 0.717) is 19.0 Å². The van der Waals surface area contributed by atoms with Crippen LogP contribution in [-0.4, -0.2) is 40.2 Å². The van der Waals surface area contributed by atoms with E-state index in [1.54, 1.807) is 4.90 Å². The van der Waals surface area contributed by atoms with Crippen LogP contribution in [0.2, 0.25) is 0 Å². The average Bonchev–Trinajstić information content (AvgIpc) is 3.21. The van der Waals surface area contributed by atoms with Crippen LogP contribution in [0.5, 0.6) is 5.75 Å². The first kappa shape index (κ1) is 14.2. The lowest BCUT2D eigenvalue weighted by Gasteiger charge is -2.21. The van der Waals surface area contributed by atoms with Gasteiger partial charge in [-0.3, -0.25) is 0 Å². The van der Waals surface area contributed by atoms with Crippen LogP contribution < -0.4 is 5.32 Å². The first-order valence-electron chi connectivity index (χ1n) is 6.64. The number of carboxylic acid groups (broad SMARTS) is 1. The monoisotopic (exact) mass is 278 g/mol. The summed E-state index contributed by atoms with van der Waals surface area (Å²) < 4.78 is 0. The van der Waals surface area contributed by atoms with E-state index in [9.17, 15) is 14.7 Å². The quantitative estimate of drug-likeness (QED) is 0.721. The maximum absolute atomic E-state index is 12.1. The van der Waals surface area contributed by atoms with E-state index in [2.05, 4.69) is 5.32 Å². The number of carbonyl (C=O) groups is 2. The van der Waals surface area contributed by atoms with Crippen LogP contribution in [0, 0.1) is 5.92 Å². The summed E-state index contributed by atoms with van der Waals surface area (Å²) in [7, 11) is 0. The molecule has 0 radical (unpaired) electrons. The first-order chi connectivity index (χ1) is 9.52. The minimum atomic E-state index is -1.23. The molecule has 1 aliphatic rings. The molecule has 2 amide bonds. The van der Waals surface area contributed by atoms with E-state index in [1.165, 1.54) is 18.2 Å². The number of phenols is 1. The molecule has 6 heteroatoms. The summed E-state index contributed by atoms with van der Waals surface area (Å²) in [6.45, 7) is 3.15. The Bertz CT molecular complexity index is 526. The third-order valence-corrected chi connectivity index (χ3v) is 3.35. The van der Waals surface area contributed by atoms with Crippen LogP contribution in [0.15, 0.2) is 18.2 Å². The highest BCUT2D eigenvalue weighted by atomic mass is 16.4. The minimum Gasteiger partial charge on any atom is -0.505 e. The van der Waals surface area contributed by atoms with Crippen molar-refractivity contribution in [3.05, 3.63) is 23.8 Å². The van der Waals surface area contributed by atoms with Crippen LogP contribution in [0.1, 0.15) is 30.1 Å². The standard InChI is InChI=1S/C14H18N2O4/c1-2-16(8-9-6-7-9)14(20)15-11-5-3-4-10(12(11)17)13(18)19/h3-5,9,17H,2,6-8H2,1H3,(H,15,20)(H,18,19). The number of aromatic hydroxyl groups is 1. The molecule has 0 aromatic heterocycles. The molecular weight excluding hydrogens is 260 g/mol. The Balaban J connectivity index is 2.10. The van der Waals surface area contributed by atoms with Gasteiger partial charge in [0.15, 0.2) is 5.75 Å². The number of nitrogens with one attached hydrogen (secondary N) is 1. The number of para-hydroxylation sites is 1. The Kier molecular flexibility index (Phi) is 4.12. The molecule has 0 atom stereocenters. The number of hydrogen-bond acceptors (Lipinski definition) is 3. The lowest BCUT2D eigenvalue weighted by Crippen LogP contribution is -2.36. The summed E-state index contributed by atoms with van der Waals surface area (Å²) in [4.78, 5) is 24.7. The van der Waals surface area contributed by atoms with Gasteiger partial charge in [-0.2, -0.15) is 0 Å². The smallest absolute Gasteiger partial charge is 0.339 e. The summed E-state index contributed by atoms with van der Waals surface area (Å²) in [5, 5.41) is 21.3. The van der Waals surface area contributed by atoms with Crippen molar-refractivity contribution in [1.29, 1.82) is 0 Å². The fourth-order valence-corrected chi connectivity index (χ4v) is 1.98. The largest absolute Gasteiger partial charge is 0.505 e. The van der Waals surface area contributed by atoms with Gasteiger partial charge in [-0.1, -0.05) is 6.07 Å². The van der Waals surface area contributed by atoms with Crippen LogP contribution in [-0.2, 0) is 0 Å². The molecular formula is C14H18N2O4. The molecule has 2 rings (SSSR count). The third kappa shape index (κ3) is 3.20. The van der Waals surface area contributed by atoms with Gasteiger partial charge >= 0.3 is 12.0 Å². The Morgan fingerprint density at radius 2 is 2.10 bits per heavy atom. The molecule has 0 saturated heterocycles. The van der Waals surface area contributed by atoms with E-state index < -0.39 is 11.7 Å². The normalized spacial score (nSPS) is 13.8. The number of hydrogen-bond donors (Lipinski definition) is 3. The van der Waals surface area contributed by atoms with Crippen molar-refractivity contribution >= 4 is 17.7 Å². The molecule has 1 fully saturated rings. The zero-order chi connectivity index (χ0) is 14.7. The van der Waals surface area contributed by atoms with E-state index in [-0.39, 0.29) is 17.3 Å². The average molecular weight is 278 g/mol. The van der Waals surface area contributed by atoms with Gasteiger partial charge in [-0.05, 0) is 37.8 Å². The van der Waals surface area contributed by atoms with E-state index in [4.69, 9.17) is 5.11 Å². The number of benzene rings is 1. The Hall–Kier alpha value is -2.24. The summed E-state index contributed by atoms with van der Waals surface area (Å²) >= 11 is 0. The van der Waals surface area contributed by atoms with Crippen molar-refractivity contribution in [3.8, 4) is 5.75 Å². The second-order valence-corrected chi connectivity index (χ2v) is 4.92. The Morgan fingerprint density at radius 1 is 1.40 bits per heavy atom. The van der Waals surface area contributed by atoms with Gasteiger partial charge in [0.2, 0.25) is 0 Å². The molecule has 0 spiro atoms.